The molecule has 0 bridgehead atoms. The minimum atomic E-state index is -0.260. The Bertz CT molecular complexity index is 948. The van der Waals surface area contributed by atoms with Gasteiger partial charge in [0.15, 0.2) is 0 Å². The van der Waals surface area contributed by atoms with Crippen LogP contribution >= 0.6 is 0 Å². The Morgan fingerprint density at radius 2 is 2.00 bits per heavy atom. The number of carbonyl (C=O) groups is 1. The van der Waals surface area contributed by atoms with Gasteiger partial charge in [0.05, 0.1) is 18.8 Å². The zero-order valence-electron chi connectivity index (χ0n) is 15.4. The molecular weight excluding hydrogens is 356 g/mol. The van der Waals surface area contributed by atoms with Crippen molar-refractivity contribution in [3.05, 3.63) is 66.6 Å². The molecule has 1 N–H and O–H groups in total. The van der Waals surface area contributed by atoms with Crippen molar-refractivity contribution in [3.8, 4) is 11.1 Å². The first-order chi connectivity index (χ1) is 13.7. The van der Waals surface area contributed by atoms with Crippen molar-refractivity contribution >= 4 is 11.7 Å². The number of pyridine rings is 2. The Kier molecular flexibility index (Phi) is 5.20. The lowest BCUT2D eigenvalue weighted by Crippen LogP contribution is -2.42. The second-order valence-electron chi connectivity index (χ2n) is 6.39. The topological polar surface area (TPSA) is 93.1 Å². The first-order valence-electron chi connectivity index (χ1n) is 9.00. The van der Waals surface area contributed by atoms with Crippen LogP contribution in [0.5, 0.6) is 0 Å². The van der Waals surface area contributed by atoms with Crippen LogP contribution in [0.25, 0.3) is 11.1 Å². The molecule has 0 radical (unpaired) electrons. The van der Waals surface area contributed by atoms with Crippen molar-refractivity contribution in [3.63, 3.8) is 0 Å². The second kappa shape index (κ2) is 8.10. The van der Waals surface area contributed by atoms with Gasteiger partial charge in [0.2, 0.25) is 0 Å². The largest absolute Gasteiger partial charge is 0.373 e. The van der Waals surface area contributed by atoms with Gasteiger partial charge in [-0.1, -0.05) is 6.07 Å². The summed E-state index contributed by atoms with van der Waals surface area (Å²) in [7, 11) is 1.78. The number of anilines is 1. The Labute approximate surface area is 162 Å². The van der Waals surface area contributed by atoms with E-state index in [1.54, 1.807) is 48.9 Å². The van der Waals surface area contributed by atoms with Crippen LogP contribution in [0.1, 0.15) is 22.2 Å². The number of nitrogens with zero attached hydrogens (tertiary/aromatic N) is 5. The molecule has 0 aromatic carbocycles. The number of aromatic nitrogens is 4. The number of rotatable bonds is 4. The standard InChI is InChI=1S/C20H20N6O2/c1-21-19-8-14(4-5-24-19)20(27)26-6-7-28-18(12-26)17-3-2-15(11-25-17)16-9-22-13-23-10-16/h2-5,8-11,13,18H,6-7,12H2,1H3,(H,21,24)/t18-/m0/s1. The van der Waals surface area contributed by atoms with Gasteiger partial charge in [-0.05, 0) is 18.2 Å². The molecule has 0 saturated carbocycles. The number of ether oxygens (including phenoxy) is 1. The molecule has 8 nitrogen and oxygen atoms in total. The minimum absolute atomic E-state index is 0.0368. The van der Waals surface area contributed by atoms with Crippen molar-refractivity contribution in [1.29, 1.82) is 0 Å². The van der Waals surface area contributed by atoms with Gasteiger partial charge in [0.1, 0.15) is 18.2 Å². The predicted molar refractivity (Wildman–Crippen MR) is 104 cm³/mol. The number of amides is 1. The van der Waals surface area contributed by atoms with Crippen molar-refractivity contribution < 1.29 is 9.53 Å². The summed E-state index contributed by atoms with van der Waals surface area (Å²) in [5, 5.41) is 2.95. The third-order valence-corrected chi connectivity index (χ3v) is 4.63. The molecule has 8 heteroatoms. The minimum Gasteiger partial charge on any atom is -0.373 e. The van der Waals surface area contributed by atoms with Crippen LogP contribution in [0.2, 0.25) is 0 Å². The van der Waals surface area contributed by atoms with Crippen molar-refractivity contribution in [1.82, 2.24) is 24.8 Å². The van der Waals surface area contributed by atoms with Gasteiger partial charge in [-0.25, -0.2) is 15.0 Å². The van der Waals surface area contributed by atoms with E-state index in [1.807, 2.05) is 12.1 Å². The summed E-state index contributed by atoms with van der Waals surface area (Å²) in [5.74, 6) is 0.628. The maximum Gasteiger partial charge on any atom is 0.254 e. The fraction of sp³-hybridized carbons (Fsp3) is 0.250. The maximum absolute atomic E-state index is 12.9. The molecule has 1 saturated heterocycles. The van der Waals surface area contributed by atoms with E-state index in [9.17, 15) is 4.79 Å². The number of morpholine rings is 1. The molecule has 4 heterocycles. The van der Waals surface area contributed by atoms with Gasteiger partial charge >= 0.3 is 0 Å². The van der Waals surface area contributed by atoms with Crippen LogP contribution in [0, 0.1) is 0 Å². The van der Waals surface area contributed by atoms with Gasteiger partial charge in [0, 0.05) is 55.1 Å². The molecule has 3 aromatic heterocycles. The van der Waals surface area contributed by atoms with Crippen LogP contribution in [0.4, 0.5) is 5.82 Å². The van der Waals surface area contributed by atoms with E-state index < -0.39 is 0 Å². The average molecular weight is 376 g/mol. The average Bonchev–Trinajstić information content (AvgIpc) is 2.79. The zero-order chi connectivity index (χ0) is 19.3. The Morgan fingerprint density at radius 3 is 2.75 bits per heavy atom. The highest BCUT2D eigenvalue weighted by Gasteiger charge is 2.27. The predicted octanol–water partition coefficient (Wildman–Crippen LogP) is 2.19. The second-order valence-corrected chi connectivity index (χ2v) is 6.39. The molecule has 0 unspecified atom stereocenters. The summed E-state index contributed by atoms with van der Waals surface area (Å²) < 4.78 is 5.86. The summed E-state index contributed by atoms with van der Waals surface area (Å²) in [5.41, 5.74) is 3.24. The van der Waals surface area contributed by atoms with E-state index in [0.29, 0.717) is 31.1 Å². The van der Waals surface area contributed by atoms with Crippen molar-refractivity contribution in [2.45, 2.75) is 6.10 Å². The Hall–Kier alpha value is -3.39. The molecule has 142 valence electrons. The Morgan fingerprint density at radius 1 is 1.14 bits per heavy atom. The van der Waals surface area contributed by atoms with Gasteiger partial charge in [0.25, 0.3) is 5.91 Å². The van der Waals surface area contributed by atoms with Crippen LogP contribution in [-0.2, 0) is 4.74 Å². The third kappa shape index (κ3) is 3.81. The highest BCUT2D eigenvalue weighted by molar-refractivity contribution is 5.94. The van der Waals surface area contributed by atoms with Gasteiger partial charge in [-0.15, -0.1) is 0 Å². The van der Waals surface area contributed by atoms with Crippen molar-refractivity contribution in [2.75, 3.05) is 32.1 Å². The first-order valence-corrected chi connectivity index (χ1v) is 9.00. The van der Waals surface area contributed by atoms with E-state index in [1.165, 1.54) is 6.33 Å². The summed E-state index contributed by atoms with van der Waals surface area (Å²) in [4.78, 5) is 31.4. The SMILES string of the molecule is CNc1cc(C(=O)N2CCO[C@H](c3ccc(-c4cncnc4)cn3)C2)ccn1. The number of hydrogen-bond acceptors (Lipinski definition) is 7. The number of carbonyl (C=O) groups excluding carboxylic acids is 1. The fourth-order valence-electron chi connectivity index (χ4n) is 3.11. The molecule has 1 aliphatic rings. The summed E-state index contributed by atoms with van der Waals surface area (Å²) in [6.45, 7) is 1.47. The summed E-state index contributed by atoms with van der Waals surface area (Å²) in [6, 6.07) is 7.37. The summed E-state index contributed by atoms with van der Waals surface area (Å²) >= 11 is 0. The smallest absolute Gasteiger partial charge is 0.254 e. The maximum atomic E-state index is 12.9. The van der Waals surface area contributed by atoms with Gasteiger partial charge in [-0.3, -0.25) is 9.78 Å². The van der Waals surface area contributed by atoms with Crippen LogP contribution in [-0.4, -0.2) is 57.5 Å². The highest BCUT2D eigenvalue weighted by Crippen LogP contribution is 2.24. The molecule has 28 heavy (non-hydrogen) atoms. The number of nitrogens with one attached hydrogen (secondary N) is 1. The molecule has 4 rings (SSSR count). The van der Waals surface area contributed by atoms with Crippen LogP contribution < -0.4 is 5.32 Å². The monoisotopic (exact) mass is 376 g/mol. The zero-order valence-corrected chi connectivity index (χ0v) is 15.4. The molecule has 1 atom stereocenters. The first kappa shape index (κ1) is 18.0. The molecule has 3 aromatic rings. The molecule has 1 fully saturated rings. The van der Waals surface area contributed by atoms with Crippen molar-refractivity contribution in [2.24, 2.45) is 0 Å². The van der Waals surface area contributed by atoms with E-state index in [-0.39, 0.29) is 12.0 Å². The lowest BCUT2D eigenvalue weighted by atomic mass is 10.1. The molecule has 1 amide bonds. The van der Waals surface area contributed by atoms with E-state index in [2.05, 4.69) is 25.3 Å². The molecule has 0 aliphatic carbocycles. The molecular formula is C20H20N6O2. The quantitative estimate of drug-likeness (QED) is 0.746. The van der Waals surface area contributed by atoms with E-state index in [0.717, 1.165) is 16.8 Å². The Balaban J connectivity index is 1.48. The normalized spacial score (nSPS) is 16.6. The van der Waals surface area contributed by atoms with Gasteiger partial charge in [-0.2, -0.15) is 0 Å². The highest BCUT2D eigenvalue weighted by atomic mass is 16.5. The fourth-order valence-corrected chi connectivity index (χ4v) is 3.11. The third-order valence-electron chi connectivity index (χ3n) is 4.63. The molecule has 0 spiro atoms. The summed E-state index contributed by atoms with van der Waals surface area (Å²) in [6.07, 6.45) is 8.13. The molecule has 1 aliphatic heterocycles. The lowest BCUT2D eigenvalue weighted by Gasteiger charge is -2.32. The number of hydrogen-bond donors (Lipinski definition) is 1. The van der Waals surface area contributed by atoms with Crippen LogP contribution in [0.3, 0.4) is 0 Å². The lowest BCUT2D eigenvalue weighted by molar-refractivity contribution is -0.0247. The van der Waals surface area contributed by atoms with E-state index in [4.69, 9.17) is 4.74 Å². The van der Waals surface area contributed by atoms with Gasteiger partial charge < -0.3 is 15.0 Å². The van der Waals surface area contributed by atoms with Crippen LogP contribution in [0.15, 0.2) is 55.4 Å². The van der Waals surface area contributed by atoms with E-state index >= 15 is 0 Å².